The molecule has 84 valence electrons. The minimum atomic E-state index is -0.319. The van der Waals surface area contributed by atoms with Gasteiger partial charge in [-0.1, -0.05) is 0 Å². The Labute approximate surface area is 94.7 Å². The topological polar surface area (TPSA) is 35.5 Å². The lowest BCUT2D eigenvalue weighted by molar-refractivity contribution is 0.112. The van der Waals surface area contributed by atoms with Gasteiger partial charge >= 0.3 is 0 Å². The molecule has 1 aliphatic rings. The van der Waals surface area contributed by atoms with Gasteiger partial charge in [0.25, 0.3) is 0 Å². The summed E-state index contributed by atoms with van der Waals surface area (Å²) >= 11 is 0. The number of aldehydes is 1. The monoisotopic (exact) mass is 218 g/mol. The lowest BCUT2D eigenvalue weighted by Gasteiger charge is -2.28. The van der Waals surface area contributed by atoms with Crippen molar-refractivity contribution in [2.45, 2.75) is 19.4 Å². The normalized spacial score (nSPS) is 16.2. The van der Waals surface area contributed by atoms with Gasteiger partial charge in [0, 0.05) is 0 Å². The summed E-state index contributed by atoms with van der Waals surface area (Å²) < 4.78 is 11.0. The molecule has 0 fully saturated rings. The predicted octanol–water partition coefficient (Wildman–Crippen LogP) is 2.69. The second kappa shape index (κ2) is 3.67. The molecular formula is C13H14O3. The average molecular weight is 218 g/mol. The van der Waals surface area contributed by atoms with Crippen LogP contribution in [0.1, 0.15) is 29.8 Å². The highest BCUT2D eigenvalue weighted by molar-refractivity contribution is 5.84. The number of ether oxygens (including phenoxy) is 2. The Kier molecular flexibility index (Phi) is 2.46. The Morgan fingerprint density at radius 2 is 2.12 bits per heavy atom. The SMILES string of the molecule is COc1c(C=O)ccc2c1C=CC(C)(C)O2. The van der Waals surface area contributed by atoms with Gasteiger partial charge in [0.1, 0.15) is 17.1 Å². The maximum Gasteiger partial charge on any atom is 0.153 e. The molecule has 16 heavy (non-hydrogen) atoms. The molecule has 0 atom stereocenters. The molecule has 2 rings (SSSR count). The molecule has 1 heterocycles. The fourth-order valence-electron chi connectivity index (χ4n) is 1.77. The number of hydrogen-bond acceptors (Lipinski definition) is 3. The standard InChI is InChI=1S/C13H14O3/c1-13(2)7-6-10-11(16-13)5-4-9(8-14)12(10)15-3/h4-8H,1-3H3. The third kappa shape index (κ3) is 1.69. The second-order valence-electron chi connectivity index (χ2n) is 4.26. The summed E-state index contributed by atoms with van der Waals surface area (Å²) in [7, 11) is 1.55. The van der Waals surface area contributed by atoms with E-state index in [4.69, 9.17) is 9.47 Å². The minimum Gasteiger partial charge on any atom is -0.495 e. The predicted molar refractivity (Wildman–Crippen MR) is 62.1 cm³/mol. The van der Waals surface area contributed by atoms with Crippen LogP contribution in [0.5, 0.6) is 11.5 Å². The molecule has 0 amide bonds. The van der Waals surface area contributed by atoms with Crippen molar-refractivity contribution in [1.29, 1.82) is 0 Å². The highest BCUT2D eigenvalue weighted by Crippen LogP contribution is 2.38. The van der Waals surface area contributed by atoms with E-state index < -0.39 is 0 Å². The number of methoxy groups -OCH3 is 1. The van der Waals surface area contributed by atoms with Gasteiger partial charge in [-0.3, -0.25) is 4.79 Å². The number of rotatable bonds is 2. The van der Waals surface area contributed by atoms with Crippen LogP contribution >= 0.6 is 0 Å². The van der Waals surface area contributed by atoms with Crippen LogP contribution in [0.4, 0.5) is 0 Å². The van der Waals surface area contributed by atoms with Crippen molar-refractivity contribution < 1.29 is 14.3 Å². The summed E-state index contributed by atoms with van der Waals surface area (Å²) in [6.07, 6.45) is 4.67. The van der Waals surface area contributed by atoms with Crippen LogP contribution < -0.4 is 9.47 Å². The van der Waals surface area contributed by atoms with E-state index in [1.54, 1.807) is 19.2 Å². The zero-order valence-electron chi connectivity index (χ0n) is 9.61. The number of fused-ring (bicyclic) bond motifs is 1. The molecule has 0 unspecified atom stereocenters. The molecule has 0 spiro atoms. The molecule has 0 N–H and O–H groups in total. The van der Waals surface area contributed by atoms with Crippen LogP contribution in [-0.4, -0.2) is 19.0 Å². The summed E-state index contributed by atoms with van der Waals surface area (Å²) in [5, 5.41) is 0. The van der Waals surface area contributed by atoms with E-state index in [-0.39, 0.29) is 5.60 Å². The average Bonchev–Trinajstić information content (AvgIpc) is 2.26. The smallest absolute Gasteiger partial charge is 0.153 e. The minimum absolute atomic E-state index is 0.319. The summed E-state index contributed by atoms with van der Waals surface area (Å²) in [4.78, 5) is 10.9. The molecule has 1 aliphatic heterocycles. The molecular weight excluding hydrogens is 204 g/mol. The lowest BCUT2D eigenvalue weighted by atomic mass is 10.00. The lowest BCUT2D eigenvalue weighted by Crippen LogP contribution is -2.27. The Balaban J connectivity index is 2.58. The Morgan fingerprint density at radius 1 is 1.38 bits per heavy atom. The highest BCUT2D eigenvalue weighted by Gasteiger charge is 2.24. The van der Waals surface area contributed by atoms with Crippen molar-refractivity contribution >= 4 is 12.4 Å². The van der Waals surface area contributed by atoms with Gasteiger partial charge in [-0.2, -0.15) is 0 Å². The van der Waals surface area contributed by atoms with Crippen molar-refractivity contribution in [3.05, 3.63) is 29.3 Å². The second-order valence-corrected chi connectivity index (χ2v) is 4.26. The van der Waals surface area contributed by atoms with Crippen molar-refractivity contribution in [3.8, 4) is 11.5 Å². The summed E-state index contributed by atoms with van der Waals surface area (Å²) in [6, 6.07) is 3.51. The third-order valence-corrected chi connectivity index (χ3v) is 2.54. The summed E-state index contributed by atoms with van der Waals surface area (Å²) in [5.74, 6) is 1.31. The van der Waals surface area contributed by atoms with Gasteiger partial charge < -0.3 is 9.47 Å². The van der Waals surface area contributed by atoms with Gasteiger partial charge in [-0.05, 0) is 38.1 Å². The Hall–Kier alpha value is -1.77. The maximum absolute atomic E-state index is 10.9. The molecule has 3 nitrogen and oxygen atoms in total. The van der Waals surface area contributed by atoms with E-state index in [0.29, 0.717) is 11.3 Å². The van der Waals surface area contributed by atoms with E-state index in [1.165, 1.54) is 0 Å². The van der Waals surface area contributed by atoms with E-state index in [9.17, 15) is 4.79 Å². The molecule has 0 aromatic heterocycles. The van der Waals surface area contributed by atoms with Gasteiger partial charge in [0.05, 0.1) is 18.2 Å². The molecule has 3 heteroatoms. The largest absolute Gasteiger partial charge is 0.495 e. The number of benzene rings is 1. The van der Waals surface area contributed by atoms with Crippen LogP contribution in [0.2, 0.25) is 0 Å². The van der Waals surface area contributed by atoms with E-state index in [1.807, 2.05) is 26.0 Å². The highest BCUT2D eigenvalue weighted by atomic mass is 16.5. The zero-order valence-corrected chi connectivity index (χ0v) is 9.61. The summed E-state index contributed by atoms with van der Waals surface area (Å²) in [6.45, 7) is 3.96. The van der Waals surface area contributed by atoms with Crippen molar-refractivity contribution in [3.63, 3.8) is 0 Å². The number of carbonyl (C=O) groups is 1. The molecule has 1 aromatic rings. The van der Waals surface area contributed by atoms with Gasteiger partial charge in [0.15, 0.2) is 6.29 Å². The van der Waals surface area contributed by atoms with Crippen LogP contribution in [0.15, 0.2) is 18.2 Å². The molecule has 0 aliphatic carbocycles. The van der Waals surface area contributed by atoms with Crippen molar-refractivity contribution in [2.75, 3.05) is 7.11 Å². The quantitative estimate of drug-likeness (QED) is 0.716. The van der Waals surface area contributed by atoms with Gasteiger partial charge in [-0.15, -0.1) is 0 Å². The van der Waals surface area contributed by atoms with Crippen LogP contribution in [0.3, 0.4) is 0 Å². The zero-order chi connectivity index (χ0) is 11.8. The van der Waals surface area contributed by atoms with Crippen molar-refractivity contribution in [2.24, 2.45) is 0 Å². The van der Waals surface area contributed by atoms with E-state index in [2.05, 4.69) is 0 Å². The third-order valence-electron chi connectivity index (χ3n) is 2.54. The first-order valence-corrected chi connectivity index (χ1v) is 5.12. The van der Waals surface area contributed by atoms with E-state index in [0.717, 1.165) is 17.6 Å². The van der Waals surface area contributed by atoms with Crippen molar-refractivity contribution in [1.82, 2.24) is 0 Å². The fraction of sp³-hybridized carbons (Fsp3) is 0.308. The van der Waals surface area contributed by atoms with E-state index >= 15 is 0 Å². The Morgan fingerprint density at radius 3 is 2.75 bits per heavy atom. The molecule has 0 radical (unpaired) electrons. The Bertz CT molecular complexity index is 458. The van der Waals surface area contributed by atoms with Crippen LogP contribution in [0, 0.1) is 0 Å². The molecule has 0 saturated heterocycles. The first-order chi connectivity index (χ1) is 7.57. The van der Waals surface area contributed by atoms with Gasteiger partial charge in [0.2, 0.25) is 0 Å². The first kappa shape index (κ1) is 10.7. The molecule has 0 bridgehead atoms. The number of carbonyl (C=O) groups excluding carboxylic acids is 1. The summed E-state index contributed by atoms with van der Waals surface area (Å²) in [5.41, 5.74) is 1.04. The van der Waals surface area contributed by atoms with Gasteiger partial charge in [-0.25, -0.2) is 0 Å². The van der Waals surface area contributed by atoms with Crippen LogP contribution in [0.25, 0.3) is 6.08 Å². The number of hydrogen-bond donors (Lipinski definition) is 0. The van der Waals surface area contributed by atoms with Crippen LogP contribution in [-0.2, 0) is 0 Å². The molecule has 0 saturated carbocycles. The fourth-order valence-corrected chi connectivity index (χ4v) is 1.77. The maximum atomic E-state index is 10.9. The molecule has 1 aromatic carbocycles. The first-order valence-electron chi connectivity index (χ1n) is 5.12.